The van der Waals surface area contributed by atoms with Gasteiger partial charge in [0.2, 0.25) is 0 Å². The molecule has 0 aliphatic rings. The molecule has 0 radical (unpaired) electrons. The van der Waals surface area contributed by atoms with Crippen LogP contribution in [0, 0.1) is 10.8 Å². The number of hydrogen-bond acceptors (Lipinski definition) is 3. The molecule has 0 saturated carbocycles. The van der Waals surface area contributed by atoms with E-state index in [2.05, 4.69) is 54.4 Å². The summed E-state index contributed by atoms with van der Waals surface area (Å²) in [4.78, 5) is 11.8. The Morgan fingerprint density at radius 3 is 1.93 bits per heavy atom. The van der Waals surface area contributed by atoms with Crippen molar-refractivity contribution in [1.29, 1.82) is 0 Å². The number of hydrogen-bond donors (Lipinski definition) is 0. The molecule has 0 aliphatic heterocycles. The van der Waals surface area contributed by atoms with Crippen molar-refractivity contribution < 1.29 is 14.3 Å². The summed E-state index contributed by atoms with van der Waals surface area (Å²) in [5.41, 5.74) is 1.57. The van der Waals surface area contributed by atoms with E-state index < -0.39 is 0 Å². The minimum absolute atomic E-state index is 0.0880. The molecular formula is C25H44O3. The Morgan fingerprint density at radius 1 is 0.929 bits per heavy atom. The molecule has 0 aromatic heterocycles. The van der Waals surface area contributed by atoms with Gasteiger partial charge in [-0.3, -0.25) is 0 Å². The fraction of sp³-hybridized carbons (Fsp3) is 0.720. The lowest BCUT2D eigenvalue weighted by Crippen LogP contribution is -2.32. The van der Waals surface area contributed by atoms with Crippen molar-refractivity contribution in [2.75, 3.05) is 0 Å². The lowest BCUT2D eigenvalue weighted by molar-refractivity contribution is -0.144. The molecule has 0 rings (SSSR count). The molecule has 4 unspecified atom stereocenters. The molecule has 0 N–H and O–H groups in total. The van der Waals surface area contributed by atoms with Gasteiger partial charge in [-0.2, -0.15) is 0 Å². The number of carbonyl (C=O) groups excluding carboxylic acids is 1. The van der Waals surface area contributed by atoms with Gasteiger partial charge in [-0.25, -0.2) is 4.79 Å². The summed E-state index contributed by atoms with van der Waals surface area (Å²) in [5, 5.41) is 0. The zero-order chi connectivity index (χ0) is 22.1. The predicted octanol–water partition coefficient (Wildman–Crippen LogP) is 7.38. The largest absolute Gasteiger partial charge is 0.491 e. The van der Waals surface area contributed by atoms with Gasteiger partial charge in [0, 0.05) is 11.0 Å². The van der Waals surface area contributed by atoms with Crippen molar-refractivity contribution in [2.24, 2.45) is 10.8 Å². The van der Waals surface area contributed by atoms with Gasteiger partial charge in [-0.15, -0.1) is 0 Å². The minimum atomic E-state index is -0.298. The normalized spacial score (nSPS) is 17.6. The van der Waals surface area contributed by atoms with E-state index >= 15 is 0 Å². The van der Waals surface area contributed by atoms with E-state index in [4.69, 9.17) is 9.47 Å². The third kappa shape index (κ3) is 8.67. The molecule has 162 valence electrons. The van der Waals surface area contributed by atoms with Crippen LogP contribution in [0.15, 0.2) is 36.6 Å². The van der Waals surface area contributed by atoms with Crippen LogP contribution in [-0.4, -0.2) is 18.2 Å². The van der Waals surface area contributed by atoms with Crippen LogP contribution >= 0.6 is 0 Å². The summed E-state index contributed by atoms with van der Waals surface area (Å²) in [6.45, 7) is 28.3. The zero-order valence-corrected chi connectivity index (χ0v) is 19.7. The second-order valence-electron chi connectivity index (χ2n) is 9.19. The van der Waals surface area contributed by atoms with Crippen molar-refractivity contribution >= 4 is 5.97 Å². The maximum Gasteiger partial charge on any atom is 0.333 e. The lowest BCUT2D eigenvalue weighted by atomic mass is 9.73. The lowest BCUT2D eigenvalue weighted by Gasteiger charge is -2.37. The van der Waals surface area contributed by atoms with E-state index in [0.717, 1.165) is 44.1 Å². The Bertz CT molecular complexity index is 562. The number of esters is 1. The van der Waals surface area contributed by atoms with E-state index in [0.29, 0.717) is 11.3 Å². The molecular weight excluding hydrogens is 348 g/mol. The monoisotopic (exact) mass is 392 g/mol. The van der Waals surface area contributed by atoms with Gasteiger partial charge in [0.1, 0.15) is 11.9 Å². The second kappa shape index (κ2) is 11.5. The van der Waals surface area contributed by atoms with Crippen LogP contribution in [-0.2, 0) is 14.3 Å². The molecule has 0 aromatic rings. The van der Waals surface area contributed by atoms with Crippen LogP contribution < -0.4 is 0 Å². The molecule has 0 heterocycles. The quantitative estimate of drug-likeness (QED) is 0.134. The Kier molecular flexibility index (Phi) is 10.9. The average molecular weight is 393 g/mol. The molecule has 0 aromatic carbocycles. The highest BCUT2D eigenvalue weighted by atomic mass is 16.5. The topological polar surface area (TPSA) is 35.5 Å². The first-order chi connectivity index (χ1) is 12.8. The van der Waals surface area contributed by atoms with Crippen LogP contribution in [0.4, 0.5) is 0 Å². The summed E-state index contributed by atoms with van der Waals surface area (Å²) < 4.78 is 11.6. The highest BCUT2D eigenvalue weighted by Crippen LogP contribution is 2.40. The third-order valence-electron chi connectivity index (χ3n) is 6.40. The Balaban J connectivity index is 4.82. The van der Waals surface area contributed by atoms with Crippen molar-refractivity contribution in [2.45, 2.75) is 106 Å². The van der Waals surface area contributed by atoms with Gasteiger partial charge in [0.15, 0.2) is 0 Å². The van der Waals surface area contributed by atoms with Crippen LogP contribution in [0.5, 0.6) is 0 Å². The van der Waals surface area contributed by atoms with Gasteiger partial charge in [-0.05, 0) is 64.4 Å². The summed E-state index contributed by atoms with van der Waals surface area (Å²) in [6.07, 6.45) is 6.26. The Labute approximate surface area is 174 Å². The number of allylic oxidation sites excluding steroid dienone is 1. The van der Waals surface area contributed by atoms with E-state index in [-0.39, 0.29) is 29.0 Å². The van der Waals surface area contributed by atoms with Crippen molar-refractivity contribution in [3.8, 4) is 0 Å². The van der Waals surface area contributed by atoms with E-state index in [1.54, 1.807) is 6.92 Å². The summed E-state index contributed by atoms with van der Waals surface area (Å²) in [6, 6.07) is 0. The van der Waals surface area contributed by atoms with Crippen LogP contribution in [0.2, 0.25) is 0 Å². The summed E-state index contributed by atoms with van der Waals surface area (Å²) in [5.74, 6) is 0.381. The second-order valence-corrected chi connectivity index (χ2v) is 9.19. The molecule has 0 amide bonds. The molecule has 0 saturated heterocycles. The maximum atomic E-state index is 11.8. The number of rotatable bonds is 14. The van der Waals surface area contributed by atoms with Gasteiger partial charge in [0.25, 0.3) is 0 Å². The highest BCUT2D eigenvalue weighted by molar-refractivity contribution is 5.87. The van der Waals surface area contributed by atoms with Gasteiger partial charge in [0.05, 0.1) is 6.10 Å². The van der Waals surface area contributed by atoms with Crippen molar-refractivity contribution in [3.05, 3.63) is 36.6 Å². The molecule has 4 atom stereocenters. The smallest absolute Gasteiger partial charge is 0.333 e. The fourth-order valence-corrected chi connectivity index (χ4v) is 3.48. The fourth-order valence-electron chi connectivity index (χ4n) is 3.48. The first-order valence-corrected chi connectivity index (χ1v) is 10.7. The third-order valence-corrected chi connectivity index (χ3v) is 6.40. The van der Waals surface area contributed by atoms with E-state index in [1.165, 1.54) is 0 Å². The van der Waals surface area contributed by atoms with Crippen molar-refractivity contribution in [1.82, 2.24) is 0 Å². The van der Waals surface area contributed by atoms with Crippen LogP contribution in [0.25, 0.3) is 0 Å². The van der Waals surface area contributed by atoms with Crippen LogP contribution in [0.1, 0.15) is 93.9 Å². The van der Waals surface area contributed by atoms with Crippen LogP contribution in [0.3, 0.4) is 0 Å². The predicted molar refractivity (Wildman–Crippen MR) is 120 cm³/mol. The molecule has 28 heavy (non-hydrogen) atoms. The Morgan fingerprint density at radius 2 is 1.50 bits per heavy atom. The highest BCUT2D eigenvalue weighted by Gasteiger charge is 2.33. The van der Waals surface area contributed by atoms with Crippen molar-refractivity contribution in [3.63, 3.8) is 0 Å². The van der Waals surface area contributed by atoms with Gasteiger partial charge >= 0.3 is 5.97 Å². The van der Waals surface area contributed by atoms with Gasteiger partial charge in [-0.1, -0.05) is 60.3 Å². The first-order valence-electron chi connectivity index (χ1n) is 10.7. The summed E-state index contributed by atoms with van der Waals surface area (Å²) in [7, 11) is 0. The average Bonchev–Trinajstić information content (AvgIpc) is 2.60. The molecule has 0 fully saturated rings. The summed E-state index contributed by atoms with van der Waals surface area (Å²) >= 11 is 0. The zero-order valence-electron chi connectivity index (χ0n) is 19.7. The van der Waals surface area contributed by atoms with E-state index in [9.17, 15) is 4.79 Å². The molecule has 3 nitrogen and oxygen atoms in total. The minimum Gasteiger partial charge on any atom is -0.491 e. The first kappa shape index (κ1) is 26.5. The Hall–Kier alpha value is -1.51. The maximum absolute atomic E-state index is 11.8. The molecule has 3 heteroatoms. The standard InChI is InChI=1S/C25H44O3/c1-12-24(10,17-20(7)27-23(26)19(5)6)15-14-16-25(11,13-2)22(9)28-21(8)18(3)4/h20,22H,3,5,8,12-17H2,1-2,4,6-7,9-11H3. The SMILES string of the molecule is C=C(C)C(=C)OC(C)C(C)(CC)CCCC(C)(CC)CC(C)OC(=O)C(=C)C. The molecule has 0 bridgehead atoms. The van der Waals surface area contributed by atoms with E-state index in [1.807, 2.05) is 13.8 Å². The number of carbonyl (C=O) groups is 1. The molecule has 0 aliphatic carbocycles. The molecule has 0 spiro atoms. The van der Waals surface area contributed by atoms with Gasteiger partial charge < -0.3 is 9.47 Å². The number of ether oxygens (including phenoxy) is 2.